The van der Waals surface area contributed by atoms with Gasteiger partial charge in [0.2, 0.25) is 0 Å². The van der Waals surface area contributed by atoms with Crippen LogP contribution in [0.15, 0.2) is 42.5 Å². The zero-order chi connectivity index (χ0) is 25.4. The number of alkyl carbamates (subject to hydrolysis) is 1. The van der Waals surface area contributed by atoms with Crippen LogP contribution in [-0.2, 0) is 17.7 Å². The number of piperidine rings is 1. The van der Waals surface area contributed by atoms with Gasteiger partial charge in [-0.3, -0.25) is 0 Å². The Hall–Kier alpha value is -3.36. The minimum absolute atomic E-state index is 0.0563. The van der Waals surface area contributed by atoms with Gasteiger partial charge in [0.15, 0.2) is 0 Å². The first kappa shape index (κ1) is 26.2. The van der Waals surface area contributed by atoms with Crippen molar-refractivity contribution in [2.24, 2.45) is 0 Å². The molecular formula is C26H34F2N4O3. The van der Waals surface area contributed by atoms with Crippen LogP contribution in [0, 0.1) is 11.6 Å². The minimum atomic E-state index is -0.542. The molecule has 1 saturated heterocycles. The number of anilines is 1. The van der Waals surface area contributed by atoms with Crippen molar-refractivity contribution in [3.63, 3.8) is 0 Å². The lowest BCUT2D eigenvalue weighted by Gasteiger charge is -2.33. The number of halogens is 2. The number of hydrogen-bond donors (Lipinski definition) is 3. The first-order valence-electron chi connectivity index (χ1n) is 11.9. The lowest BCUT2D eigenvalue weighted by molar-refractivity contribution is 0.139. The second kappa shape index (κ2) is 11.9. The number of carbonyl (C=O) groups is 2. The van der Waals surface area contributed by atoms with Crippen LogP contribution in [0.25, 0.3) is 0 Å². The van der Waals surface area contributed by atoms with Gasteiger partial charge in [-0.2, -0.15) is 0 Å². The molecule has 35 heavy (non-hydrogen) atoms. The zero-order valence-electron chi connectivity index (χ0n) is 20.5. The highest BCUT2D eigenvalue weighted by Gasteiger charge is 2.23. The first-order valence-corrected chi connectivity index (χ1v) is 11.9. The van der Waals surface area contributed by atoms with Crippen molar-refractivity contribution >= 4 is 17.8 Å². The van der Waals surface area contributed by atoms with Gasteiger partial charge in [0.25, 0.3) is 0 Å². The van der Waals surface area contributed by atoms with Crippen molar-refractivity contribution in [3.05, 3.63) is 65.2 Å². The van der Waals surface area contributed by atoms with Gasteiger partial charge in [0, 0.05) is 48.9 Å². The molecule has 0 unspecified atom stereocenters. The molecule has 0 atom stereocenters. The van der Waals surface area contributed by atoms with E-state index in [4.69, 9.17) is 4.74 Å². The Kier molecular flexibility index (Phi) is 8.89. The summed E-state index contributed by atoms with van der Waals surface area (Å²) >= 11 is 0. The first-order chi connectivity index (χ1) is 16.6. The van der Waals surface area contributed by atoms with Crippen molar-refractivity contribution in [3.8, 4) is 0 Å². The SMILES string of the molecule is CC(C)(C)NC(=O)OCCc1ccc(NC2CCN(C(=O)NCc3cc(F)ccc3F)CC2)cc1. The summed E-state index contributed by atoms with van der Waals surface area (Å²) in [7, 11) is 0. The second-order valence-electron chi connectivity index (χ2n) is 9.76. The predicted molar refractivity (Wildman–Crippen MR) is 131 cm³/mol. The van der Waals surface area contributed by atoms with Crippen LogP contribution in [0.2, 0.25) is 0 Å². The summed E-state index contributed by atoms with van der Waals surface area (Å²) < 4.78 is 32.2. The van der Waals surface area contributed by atoms with Gasteiger partial charge in [0.05, 0.1) is 6.61 Å². The van der Waals surface area contributed by atoms with E-state index in [-0.39, 0.29) is 29.7 Å². The summed E-state index contributed by atoms with van der Waals surface area (Å²) in [6.45, 7) is 7.09. The Balaban J connectivity index is 1.36. The summed E-state index contributed by atoms with van der Waals surface area (Å²) in [5, 5.41) is 8.92. The number of hydrogen-bond acceptors (Lipinski definition) is 4. The van der Waals surface area contributed by atoms with Crippen molar-refractivity contribution in [2.45, 2.75) is 58.2 Å². The Labute approximate surface area is 205 Å². The molecule has 9 heteroatoms. The number of nitrogens with one attached hydrogen (secondary N) is 3. The highest BCUT2D eigenvalue weighted by molar-refractivity contribution is 5.74. The number of carbonyl (C=O) groups excluding carboxylic acids is 2. The van der Waals surface area contributed by atoms with Crippen LogP contribution in [0.4, 0.5) is 24.1 Å². The Bertz CT molecular complexity index is 1000. The molecule has 1 heterocycles. The van der Waals surface area contributed by atoms with Crippen molar-refractivity contribution in [2.75, 3.05) is 25.0 Å². The average molecular weight is 489 g/mol. The summed E-state index contributed by atoms with van der Waals surface area (Å²) in [5.74, 6) is -1.08. The molecule has 2 aromatic carbocycles. The number of nitrogens with zero attached hydrogens (tertiary/aromatic N) is 1. The van der Waals surface area contributed by atoms with Crippen molar-refractivity contribution < 1.29 is 23.1 Å². The lowest BCUT2D eigenvalue weighted by Crippen LogP contribution is -2.46. The van der Waals surface area contributed by atoms with Gasteiger partial charge in [0.1, 0.15) is 11.6 Å². The number of likely N-dealkylation sites (tertiary alicyclic amines) is 1. The van der Waals surface area contributed by atoms with E-state index in [1.807, 2.05) is 45.0 Å². The Morgan fingerprint density at radius 1 is 1.06 bits per heavy atom. The van der Waals surface area contributed by atoms with Crippen LogP contribution >= 0.6 is 0 Å². The molecule has 1 aliphatic heterocycles. The third-order valence-electron chi connectivity index (χ3n) is 5.65. The van der Waals surface area contributed by atoms with E-state index in [0.717, 1.165) is 42.3 Å². The maximum absolute atomic E-state index is 13.7. The number of rotatable bonds is 7. The Morgan fingerprint density at radius 2 is 1.74 bits per heavy atom. The minimum Gasteiger partial charge on any atom is -0.449 e. The predicted octanol–water partition coefficient (Wildman–Crippen LogP) is 4.82. The standard InChI is InChI=1S/C26H34F2N4O3/c1-26(2,3)31-25(34)35-15-12-18-4-7-21(8-5-18)30-22-10-13-32(14-11-22)24(33)29-17-19-16-20(27)6-9-23(19)28/h4-9,16,22,30H,10-15,17H2,1-3H3,(H,29,33)(H,31,34). The van der Waals surface area contributed by atoms with E-state index in [0.29, 0.717) is 26.1 Å². The third-order valence-corrected chi connectivity index (χ3v) is 5.65. The van der Waals surface area contributed by atoms with Crippen molar-refractivity contribution in [1.29, 1.82) is 0 Å². The monoisotopic (exact) mass is 488 g/mol. The summed E-state index contributed by atoms with van der Waals surface area (Å²) in [6, 6.07) is 11.1. The molecule has 1 fully saturated rings. The fourth-order valence-electron chi connectivity index (χ4n) is 3.80. The van der Waals surface area contributed by atoms with E-state index in [1.54, 1.807) is 4.90 Å². The molecule has 2 aromatic rings. The Morgan fingerprint density at radius 3 is 2.40 bits per heavy atom. The quantitative estimate of drug-likeness (QED) is 0.522. The van der Waals surface area contributed by atoms with E-state index < -0.39 is 17.7 Å². The van der Waals surface area contributed by atoms with Gasteiger partial charge in [-0.05, 0) is 69.5 Å². The highest BCUT2D eigenvalue weighted by Crippen LogP contribution is 2.18. The van der Waals surface area contributed by atoms with E-state index >= 15 is 0 Å². The largest absolute Gasteiger partial charge is 0.449 e. The van der Waals surface area contributed by atoms with Crippen LogP contribution in [0.1, 0.15) is 44.7 Å². The summed E-state index contributed by atoms with van der Waals surface area (Å²) in [5.41, 5.74) is 1.86. The fraction of sp³-hybridized carbons (Fsp3) is 0.462. The number of urea groups is 1. The van der Waals surface area contributed by atoms with Gasteiger partial charge >= 0.3 is 12.1 Å². The lowest BCUT2D eigenvalue weighted by atomic mass is 10.0. The fourth-order valence-corrected chi connectivity index (χ4v) is 3.80. The summed E-state index contributed by atoms with van der Waals surface area (Å²) in [6.07, 6.45) is 1.77. The van der Waals surface area contributed by atoms with Crippen LogP contribution < -0.4 is 16.0 Å². The molecule has 0 radical (unpaired) electrons. The van der Waals surface area contributed by atoms with Crippen LogP contribution in [-0.4, -0.2) is 48.3 Å². The van der Waals surface area contributed by atoms with Gasteiger partial charge in [-0.25, -0.2) is 18.4 Å². The maximum Gasteiger partial charge on any atom is 0.407 e. The van der Waals surface area contributed by atoms with Gasteiger partial charge in [-0.15, -0.1) is 0 Å². The van der Waals surface area contributed by atoms with E-state index in [9.17, 15) is 18.4 Å². The molecule has 7 nitrogen and oxygen atoms in total. The number of benzene rings is 2. The molecule has 3 amide bonds. The van der Waals surface area contributed by atoms with Gasteiger partial charge in [-0.1, -0.05) is 12.1 Å². The molecule has 0 aliphatic carbocycles. The topological polar surface area (TPSA) is 82.7 Å². The highest BCUT2D eigenvalue weighted by atomic mass is 19.1. The molecular weight excluding hydrogens is 454 g/mol. The molecule has 1 aliphatic rings. The maximum atomic E-state index is 13.7. The normalized spacial score (nSPS) is 14.4. The molecule has 0 spiro atoms. The molecule has 3 rings (SSSR count). The molecule has 3 N–H and O–H groups in total. The van der Waals surface area contributed by atoms with E-state index in [1.165, 1.54) is 0 Å². The number of amides is 3. The molecule has 0 aromatic heterocycles. The van der Waals surface area contributed by atoms with Crippen LogP contribution in [0.5, 0.6) is 0 Å². The smallest absolute Gasteiger partial charge is 0.407 e. The number of ether oxygens (including phenoxy) is 1. The average Bonchev–Trinajstić information content (AvgIpc) is 2.80. The summed E-state index contributed by atoms with van der Waals surface area (Å²) in [4.78, 5) is 25.8. The molecule has 190 valence electrons. The van der Waals surface area contributed by atoms with Crippen molar-refractivity contribution in [1.82, 2.24) is 15.5 Å². The third kappa shape index (κ3) is 8.73. The zero-order valence-corrected chi connectivity index (χ0v) is 20.5. The molecule has 0 bridgehead atoms. The van der Waals surface area contributed by atoms with E-state index in [2.05, 4.69) is 16.0 Å². The van der Waals surface area contributed by atoms with Gasteiger partial charge < -0.3 is 25.6 Å². The van der Waals surface area contributed by atoms with Crippen LogP contribution in [0.3, 0.4) is 0 Å². The second-order valence-corrected chi connectivity index (χ2v) is 9.76. The molecule has 0 saturated carbocycles.